The zero-order valence-corrected chi connectivity index (χ0v) is 28.3. The maximum absolute atomic E-state index is 6.58. The number of hydrogen-bond donors (Lipinski definition) is 0. The van der Waals surface area contributed by atoms with Crippen molar-refractivity contribution in [1.82, 2.24) is 4.98 Å². The summed E-state index contributed by atoms with van der Waals surface area (Å²) in [7, 11) is 0. The number of rotatable bonds is 6. The zero-order valence-electron chi connectivity index (χ0n) is 28.3. The van der Waals surface area contributed by atoms with E-state index in [2.05, 4.69) is 169 Å². The van der Waals surface area contributed by atoms with Gasteiger partial charge in [-0.25, -0.2) is 4.98 Å². The third kappa shape index (κ3) is 5.19. The maximum Gasteiger partial charge on any atom is 0.227 e. The molecule has 244 valence electrons. The van der Waals surface area contributed by atoms with Crippen LogP contribution in [-0.4, -0.2) is 4.98 Å². The van der Waals surface area contributed by atoms with E-state index in [1.807, 2.05) is 30.3 Å². The van der Waals surface area contributed by atoms with Crippen LogP contribution in [0.4, 0.5) is 17.1 Å². The standard InChI is InChI=1S/C49H32N2O/c1-4-13-34(14-5-1)43-31-40(39-23-20-33-12-10-11-17-38(33)30-39)26-29-46(43)51(41-18-8-3-9-19-41)42-27-24-35-21-22-36-25-28-45-48(47(36)44(35)32-42)52-49(50-45)37-15-6-2-7-16-37/h1-32H. The summed E-state index contributed by atoms with van der Waals surface area (Å²) in [5.41, 5.74) is 10.5. The molecule has 3 heteroatoms. The molecule has 1 aromatic heterocycles. The van der Waals surface area contributed by atoms with E-state index in [9.17, 15) is 0 Å². The SMILES string of the molecule is c1ccc(-c2nc3ccc4ccc5ccc(N(c6ccccc6)c6ccc(-c7ccc8ccccc8c7)cc6-c6ccccc6)cc5c4c3o2)cc1. The van der Waals surface area contributed by atoms with Crippen LogP contribution in [0.3, 0.4) is 0 Å². The van der Waals surface area contributed by atoms with Gasteiger partial charge in [0.1, 0.15) is 5.52 Å². The summed E-state index contributed by atoms with van der Waals surface area (Å²) in [6.07, 6.45) is 0. The Bertz CT molecular complexity index is 2900. The Morgan fingerprint density at radius 1 is 0.404 bits per heavy atom. The lowest BCUT2D eigenvalue weighted by Gasteiger charge is -2.29. The van der Waals surface area contributed by atoms with Crippen molar-refractivity contribution in [1.29, 1.82) is 0 Å². The van der Waals surface area contributed by atoms with Gasteiger partial charge in [-0.2, -0.15) is 0 Å². The number of nitrogens with zero attached hydrogens (tertiary/aromatic N) is 2. The second-order valence-electron chi connectivity index (χ2n) is 13.2. The Labute approximate surface area is 301 Å². The minimum atomic E-state index is 0.626. The molecule has 0 atom stereocenters. The van der Waals surface area contributed by atoms with Crippen LogP contribution in [-0.2, 0) is 0 Å². The van der Waals surface area contributed by atoms with Gasteiger partial charge in [-0.3, -0.25) is 0 Å². The fourth-order valence-electron chi connectivity index (χ4n) is 7.49. The smallest absolute Gasteiger partial charge is 0.227 e. The molecule has 0 radical (unpaired) electrons. The van der Waals surface area contributed by atoms with E-state index in [0.717, 1.165) is 66.4 Å². The Kier molecular flexibility index (Phi) is 7.14. The molecule has 0 fully saturated rings. The Morgan fingerprint density at radius 3 is 1.83 bits per heavy atom. The zero-order chi connectivity index (χ0) is 34.4. The maximum atomic E-state index is 6.58. The summed E-state index contributed by atoms with van der Waals surface area (Å²) in [6, 6.07) is 68.9. The summed E-state index contributed by atoms with van der Waals surface area (Å²) in [5.74, 6) is 0.626. The molecule has 0 aliphatic carbocycles. The van der Waals surface area contributed by atoms with Crippen molar-refractivity contribution in [2.24, 2.45) is 0 Å². The van der Waals surface area contributed by atoms with Crippen LogP contribution in [0.2, 0.25) is 0 Å². The van der Waals surface area contributed by atoms with Crippen molar-refractivity contribution < 1.29 is 4.42 Å². The van der Waals surface area contributed by atoms with E-state index in [0.29, 0.717) is 5.89 Å². The van der Waals surface area contributed by atoms with Gasteiger partial charge in [-0.15, -0.1) is 0 Å². The van der Waals surface area contributed by atoms with Gasteiger partial charge in [0.2, 0.25) is 5.89 Å². The fourth-order valence-corrected chi connectivity index (χ4v) is 7.49. The average Bonchev–Trinajstić information content (AvgIpc) is 3.67. The summed E-state index contributed by atoms with van der Waals surface area (Å²) in [6.45, 7) is 0. The van der Waals surface area contributed by atoms with Gasteiger partial charge in [0.15, 0.2) is 5.58 Å². The summed E-state index contributed by atoms with van der Waals surface area (Å²) < 4.78 is 6.58. The van der Waals surface area contributed by atoms with Gasteiger partial charge >= 0.3 is 0 Å². The minimum absolute atomic E-state index is 0.626. The normalized spacial score (nSPS) is 11.5. The molecular weight excluding hydrogens is 633 g/mol. The van der Waals surface area contributed by atoms with E-state index >= 15 is 0 Å². The Morgan fingerprint density at radius 2 is 1.02 bits per heavy atom. The molecule has 9 aromatic carbocycles. The van der Waals surface area contributed by atoms with Crippen LogP contribution in [0.5, 0.6) is 0 Å². The van der Waals surface area contributed by atoms with Gasteiger partial charge in [0.25, 0.3) is 0 Å². The lowest BCUT2D eigenvalue weighted by molar-refractivity contribution is 0.623. The first-order valence-corrected chi connectivity index (χ1v) is 17.6. The summed E-state index contributed by atoms with van der Waals surface area (Å²) in [5, 5.41) is 6.91. The Balaban J connectivity index is 1.20. The van der Waals surface area contributed by atoms with Crippen molar-refractivity contribution in [3.63, 3.8) is 0 Å². The lowest BCUT2D eigenvalue weighted by atomic mass is 9.94. The van der Waals surface area contributed by atoms with Crippen LogP contribution in [0.15, 0.2) is 199 Å². The predicted octanol–water partition coefficient (Wildman–Crippen LogP) is 13.8. The molecular formula is C49H32N2O. The van der Waals surface area contributed by atoms with Gasteiger partial charge in [-0.05, 0) is 104 Å². The molecule has 52 heavy (non-hydrogen) atoms. The number of aromatic nitrogens is 1. The van der Waals surface area contributed by atoms with E-state index in [-0.39, 0.29) is 0 Å². The highest BCUT2D eigenvalue weighted by molar-refractivity contribution is 6.18. The Hall–Kier alpha value is -6.97. The second-order valence-corrected chi connectivity index (χ2v) is 13.2. The summed E-state index contributed by atoms with van der Waals surface area (Å²) >= 11 is 0. The molecule has 0 unspecified atom stereocenters. The van der Waals surface area contributed by atoms with Crippen LogP contribution in [0, 0.1) is 0 Å². The number of benzene rings is 9. The van der Waals surface area contributed by atoms with Gasteiger partial charge in [0.05, 0.1) is 5.69 Å². The van der Waals surface area contributed by atoms with E-state index in [1.165, 1.54) is 21.9 Å². The van der Waals surface area contributed by atoms with Crippen LogP contribution in [0.1, 0.15) is 0 Å². The number of hydrogen-bond acceptors (Lipinski definition) is 3. The third-order valence-corrected chi connectivity index (χ3v) is 10.0. The van der Waals surface area contributed by atoms with Crippen molar-refractivity contribution in [3.05, 3.63) is 194 Å². The number of oxazole rings is 1. The van der Waals surface area contributed by atoms with Gasteiger partial charge < -0.3 is 9.32 Å². The molecule has 0 N–H and O–H groups in total. The number of fused-ring (bicyclic) bond motifs is 6. The summed E-state index contributed by atoms with van der Waals surface area (Å²) in [4.78, 5) is 7.29. The first-order chi connectivity index (χ1) is 25.8. The van der Waals surface area contributed by atoms with Crippen molar-refractivity contribution in [2.75, 3.05) is 4.90 Å². The monoisotopic (exact) mass is 664 g/mol. The lowest BCUT2D eigenvalue weighted by Crippen LogP contribution is -2.11. The topological polar surface area (TPSA) is 29.3 Å². The molecule has 0 aliphatic heterocycles. The molecule has 0 amide bonds. The van der Waals surface area contributed by atoms with Crippen molar-refractivity contribution in [3.8, 4) is 33.7 Å². The molecule has 10 rings (SSSR count). The first-order valence-electron chi connectivity index (χ1n) is 17.6. The molecule has 0 aliphatic rings. The quantitative estimate of drug-likeness (QED) is 0.166. The minimum Gasteiger partial charge on any atom is -0.435 e. The van der Waals surface area contributed by atoms with E-state index < -0.39 is 0 Å². The molecule has 0 saturated heterocycles. The second kappa shape index (κ2) is 12.4. The predicted molar refractivity (Wildman–Crippen MR) is 218 cm³/mol. The molecule has 1 heterocycles. The first kappa shape index (κ1) is 29.9. The fraction of sp³-hybridized carbons (Fsp3) is 0. The molecule has 0 spiro atoms. The van der Waals surface area contributed by atoms with E-state index in [4.69, 9.17) is 9.40 Å². The van der Waals surface area contributed by atoms with Crippen LogP contribution < -0.4 is 4.90 Å². The molecule has 3 nitrogen and oxygen atoms in total. The third-order valence-electron chi connectivity index (χ3n) is 10.0. The van der Waals surface area contributed by atoms with Crippen molar-refractivity contribution >= 4 is 60.5 Å². The van der Waals surface area contributed by atoms with Crippen LogP contribution in [0.25, 0.3) is 77.1 Å². The molecule has 0 saturated carbocycles. The highest BCUT2D eigenvalue weighted by atomic mass is 16.3. The number of para-hydroxylation sites is 1. The van der Waals surface area contributed by atoms with Crippen LogP contribution >= 0.6 is 0 Å². The van der Waals surface area contributed by atoms with Gasteiger partial charge in [0, 0.05) is 27.9 Å². The van der Waals surface area contributed by atoms with E-state index in [1.54, 1.807) is 0 Å². The highest BCUT2D eigenvalue weighted by Gasteiger charge is 2.20. The van der Waals surface area contributed by atoms with Gasteiger partial charge in [-0.1, -0.05) is 133 Å². The average molecular weight is 665 g/mol. The molecule has 10 aromatic rings. The van der Waals surface area contributed by atoms with Crippen molar-refractivity contribution in [2.45, 2.75) is 0 Å². The largest absolute Gasteiger partial charge is 0.435 e. The molecule has 0 bridgehead atoms. The highest BCUT2D eigenvalue weighted by Crippen LogP contribution is 2.44. The number of anilines is 3.